The maximum Gasteiger partial charge on any atom is 0.331 e. The first-order valence-corrected chi connectivity index (χ1v) is 16.6. The Kier molecular flexibility index (Phi) is 7.60. The second-order valence-electron chi connectivity index (χ2n) is 11.7. The summed E-state index contributed by atoms with van der Waals surface area (Å²) in [6.07, 6.45) is 5.09. The number of carbonyl (C=O) groups excluding carboxylic acids is 2. The number of pyridine rings is 1. The van der Waals surface area contributed by atoms with Gasteiger partial charge >= 0.3 is 5.69 Å². The highest BCUT2D eigenvalue weighted by Gasteiger charge is 2.50. The van der Waals surface area contributed by atoms with Crippen LogP contribution < -0.4 is 16.6 Å². The average molecular weight is 651 g/mol. The van der Waals surface area contributed by atoms with Gasteiger partial charge in [0.05, 0.1) is 33.5 Å². The quantitative estimate of drug-likeness (QED) is 0.324. The third-order valence-corrected chi connectivity index (χ3v) is 9.94. The number of amides is 1. The van der Waals surface area contributed by atoms with Crippen molar-refractivity contribution in [1.29, 1.82) is 0 Å². The van der Waals surface area contributed by atoms with E-state index >= 15 is 0 Å². The van der Waals surface area contributed by atoms with Crippen molar-refractivity contribution in [3.63, 3.8) is 0 Å². The minimum absolute atomic E-state index is 0.0121. The first-order chi connectivity index (χ1) is 21.3. The largest absolute Gasteiger partial charge is 0.331 e. The number of hydrogen-bond donors (Lipinski definition) is 1. The zero-order valence-electron chi connectivity index (χ0n) is 24.3. The van der Waals surface area contributed by atoms with Gasteiger partial charge in [0, 0.05) is 36.3 Å². The number of anilines is 1. The van der Waals surface area contributed by atoms with Gasteiger partial charge in [0.1, 0.15) is 28.0 Å². The highest BCUT2D eigenvalue weighted by molar-refractivity contribution is 7.90. The maximum atomic E-state index is 14.3. The van der Waals surface area contributed by atoms with Crippen molar-refractivity contribution in [1.82, 2.24) is 14.1 Å². The van der Waals surface area contributed by atoms with Crippen LogP contribution in [0.3, 0.4) is 0 Å². The van der Waals surface area contributed by atoms with Gasteiger partial charge in [-0.3, -0.25) is 28.5 Å². The van der Waals surface area contributed by atoms with E-state index in [0.717, 1.165) is 50.0 Å². The van der Waals surface area contributed by atoms with Gasteiger partial charge < -0.3 is 5.32 Å². The van der Waals surface area contributed by atoms with Crippen molar-refractivity contribution in [2.45, 2.75) is 44.2 Å². The molecule has 0 saturated heterocycles. The fourth-order valence-electron chi connectivity index (χ4n) is 6.51. The number of nitrogens with zero attached hydrogens (tertiary/aromatic N) is 3. The van der Waals surface area contributed by atoms with Gasteiger partial charge in [-0.2, -0.15) is 0 Å². The Bertz CT molecular complexity index is 2140. The van der Waals surface area contributed by atoms with Gasteiger partial charge in [0.15, 0.2) is 0 Å². The molecule has 2 atom stereocenters. The Morgan fingerprint density at radius 2 is 1.84 bits per heavy atom. The summed E-state index contributed by atoms with van der Waals surface area (Å²) in [5, 5.41) is 2.41. The minimum atomic E-state index is -3.61. The van der Waals surface area contributed by atoms with E-state index in [1.807, 2.05) is 18.2 Å². The SMILES string of the molecule is C[C@@H](CS(C)(=O)=O)n1c(=O)c(-c2cccc(F)c2Cl)cn(CC(=O)Nc2ccc3c(c2)C[C@@]2(C3)C(=O)Cc3ncccc32)c1=O. The number of aromatic nitrogens is 3. The van der Waals surface area contributed by atoms with E-state index in [2.05, 4.69) is 10.3 Å². The lowest BCUT2D eigenvalue weighted by Crippen LogP contribution is -2.44. The highest BCUT2D eigenvalue weighted by Crippen LogP contribution is 2.46. The van der Waals surface area contributed by atoms with Crippen LogP contribution in [0.1, 0.15) is 35.3 Å². The van der Waals surface area contributed by atoms with Crippen molar-refractivity contribution < 1.29 is 22.4 Å². The van der Waals surface area contributed by atoms with E-state index in [1.54, 1.807) is 18.3 Å². The van der Waals surface area contributed by atoms with Gasteiger partial charge in [0.25, 0.3) is 5.56 Å². The van der Waals surface area contributed by atoms with Crippen LogP contribution in [0.4, 0.5) is 10.1 Å². The topological polar surface area (TPSA) is 137 Å². The zero-order valence-corrected chi connectivity index (χ0v) is 25.9. The smallest absolute Gasteiger partial charge is 0.325 e. The Labute approximate surface area is 262 Å². The third kappa shape index (κ3) is 5.53. The molecule has 1 spiro atoms. The van der Waals surface area contributed by atoms with Crippen LogP contribution in [0.25, 0.3) is 11.1 Å². The van der Waals surface area contributed by atoms with Gasteiger partial charge in [-0.25, -0.2) is 17.6 Å². The maximum absolute atomic E-state index is 14.3. The Hall–Kier alpha value is -4.42. The van der Waals surface area contributed by atoms with Crippen LogP contribution >= 0.6 is 11.6 Å². The Morgan fingerprint density at radius 3 is 2.60 bits per heavy atom. The van der Waals surface area contributed by atoms with Crippen LogP contribution in [0.5, 0.6) is 0 Å². The molecule has 2 aliphatic rings. The van der Waals surface area contributed by atoms with Gasteiger partial charge in [-0.05, 0) is 60.7 Å². The number of rotatable bonds is 7. The lowest BCUT2D eigenvalue weighted by Gasteiger charge is -2.22. The second kappa shape index (κ2) is 11.2. The molecular weight excluding hydrogens is 623 g/mol. The molecule has 13 heteroatoms. The van der Waals surface area contributed by atoms with E-state index in [4.69, 9.17) is 11.6 Å². The summed E-state index contributed by atoms with van der Waals surface area (Å²) in [4.78, 5) is 57.7. The predicted molar refractivity (Wildman–Crippen MR) is 167 cm³/mol. The number of carbonyl (C=O) groups is 2. The molecule has 2 aromatic heterocycles. The molecule has 4 aromatic rings. The number of sulfone groups is 1. The predicted octanol–water partition coefficient (Wildman–Crippen LogP) is 3.27. The second-order valence-corrected chi connectivity index (χ2v) is 14.3. The molecule has 45 heavy (non-hydrogen) atoms. The van der Waals surface area contributed by atoms with Crippen molar-refractivity contribution >= 4 is 38.8 Å². The summed E-state index contributed by atoms with van der Waals surface area (Å²) in [5.41, 5.74) is 1.45. The fraction of sp³-hybridized carbons (Fsp3) is 0.281. The average Bonchev–Trinajstić information content (AvgIpc) is 3.48. The number of benzene rings is 2. The molecule has 1 amide bonds. The first kappa shape index (κ1) is 30.6. The molecule has 0 aliphatic heterocycles. The van der Waals surface area contributed by atoms with E-state index < -0.39 is 56.6 Å². The van der Waals surface area contributed by atoms with Crippen LogP contribution in [-0.4, -0.2) is 46.2 Å². The molecular formula is C32H28ClFN4O6S. The minimum Gasteiger partial charge on any atom is -0.325 e. The standard InChI is InChI=1S/C32H28ClFN4O6S/c1-18(17-45(2,43)44)38-30(41)23(22-5-3-7-25(34)29(22)33)15-37(31(38)42)16-28(40)36-21-9-8-19-13-32(14-20(19)11-21)24-6-4-10-35-26(24)12-27(32)39/h3-11,15,18H,12-14,16-17H2,1-2H3,(H,36,40)/t18-,32+/m0/s1. The van der Waals surface area contributed by atoms with Crippen LogP contribution in [0.2, 0.25) is 5.02 Å². The molecule has 1 N–H and O–H groups in total. The molecule has 0 fully saturated rings. The van der Waals surface area contributed by atoms with Crippen molar-refractivity contribution in [3.05, 3.63) is 115 Å². The molecule has 6 rings (SSSR count). The summed E-state index contributed by atoms with van der Waals surface area (Å²) < 4.78 is 40.1. The van der Waals surface area contributed by atoms with E-state index in [-0.39, 0.29) is 28.4 Å². The highest BCUT2D eigenvalue weighted by atomic mass is 35.5. The number of hydrogen-bond acceptors (Lipinski definition) is 7. The fourth-order valence-corrected chi connectivity index (χ4v) is 7.77. The van der Waals surface area contributed by atoms with E-state index in [9.17, 15) is 32.0 Å². The Morgan fingerprint density at radius 1 is 1.09 bits per heavy atom. The van der Waals surface area contributed by atoms with Crippen molar-refractivity contribution in [2.24, 2.45) is 0 Å². The van der Waals surface area contributed by atoms with Gasteiger partial charge in [0.2, 0.25) is 5.91 Å². The summed E-state index contributed by atoms with van der Waals surface area (Å²) in [6, 6.07) is 11.9. The molecule has 2 heterocycles. The molecule has 2 aromatic carbocycles. The number of halogens is 2. The van der Waals surface area contributed by atoms with E-state index in [1.165, 1.54) is 19.1 Å². The summed E-state index contributed by atoms with van der Waals surface area (Å²) in [6.45, 7) is 0.856. The summed E-state index contributed by atoms with van der Waals surface area (Å²) >= 11 is 6.16. The number of ketones is 1. The number of nitrogens with one attached hydrogen (secondary N) is 1. The molecule has 2 aliphatic carbocycles. The number of fused-ring (bicyclic) bond motifs is 3. The van der Waals surface area contributed by atoms with Crippen LogP contribution in [0.15, 0.2) is 70.5 Å². The lowest BCUT2D eigenvalue weighted by atomic mass is 9.78. The summed E-state index contributed by atoms with van der Waals surface area (Å²) in [5.74, 6) is -1.80. The lowest BCUT2D eigenvalue weighted by molar-refractivity contribution is -0.122. The first-order valence-electron chi connectivity index (χ1n) is 14.1. The van der Waals surface area contributed by atoms with Gasteiger partial charge in [-0.15, -0.1) is 0 Å². The van der Waals surface area contributed by atoms with Gasteiger partial charge in [-0.1, -0.05) is 35.9 Å². The zero-order chi connectivity index (χ0) is 32.3. The van der Waals surface area contributed by atoms with Crippen molar-refractivity contribution in [3.8, 4) is 11.1 Å². The molecule has 0 bridgehead atoms. The molecule has 0 unspecified atom stereocenters. The Balaban J connectivity index is 1.31. The van der Waals surface area contributed by atoms with Crippen molar-refractivity contribution in [2.75, 3.05) is 17.3 Å². The molecule has 232 valence electrons. The number of Topliss-reactive ketones (excluding diaryl/α,β-unsaturated/α-hetero) is 1. The molecule has 10 nitrogen and oxygen atoms in total. The van der Waals surface area contributed by atoms with Crippen LogP contribution in [-0.2, 0) is 50.6 Å². The monoisotopic (exact) mass is 650 g/mol. The molecule has 0 radical (unpaired) electrons. The van der Waals surface area contributed by atoms with Crippen LogP contribution in [0, 0.1) is 5.82 Å². The summed E-state index contributed by atoms with van der Waals surface area (Å²) in [7, 11) is -3.61. The molecule has 0 saturated carbocycles. The normalized spacial score (nSPS) is 17.7. The third-order valence-electron chi connectivity index (χ3n) is 8.47. The van der Waals surface area contributed by atoms with E-state index in [0.29, 0.717) is 18.5 Å².